The first-order valence-electron chi connectivity index (χ1n) is 19.2. The number of hydrogen-bond donors (Lipinski definition) is 0. The molecule has 0 aliphatic heterocycles. The van der Waals surface area contributed by atoms with Crippen molar-refractivity contribution in [2.75, 3.05) is 0 Å². The lowest BCUT2D eigenvalue weighted by molar-refractivity contribution is 0.481. The minimum Gasteiger partial charge on any atom is -0.457 e. The molecule has 3 heterocycles. The second-order valence-electron chi connectivity index (χ2n) is 17.0. The Morgan fingerprint density at radius 2 is 1.40 bits per heavy atom. The molecule has 272 valence electrons. The molecule has 0 aliphatic carbocycles. The third-order valence-corrected chi connectivity index (χ3v) is 10.5. The van der Waals surface area contributed by atoms with E-state index in [0.717, 1.165) is 58.3 Å². The molecule has 0 N–H and O–H groups in total. The summed E-state index contributed by atoms with van der Waals surface area (Å²) in [5.41, 5.74) is 13.0. The molecular formula is C48H54N4O. The van der Waals surface area contributed by atoms with Crippen LogP contribution in [0.4, 0.5) is 0 Å². The number of nitrogens with zero attached hydrogens (tertiary/aromatic N) is 4. The second kappa shape index (κ2) is 13.7. The molecular weight excluding hydrogens is 649 g/mol. The fourth-order valence-electron chi connectivity index (χ4n) is 7.87. The summed E-state index contributed by atoms with van der Waals surface area (Å²) in [7, 11) is 0. The van der Waals surface area contributed by atoms with Gasteiger partial charge in [0.15, 0.2) is 0 Å². The summed E-state index contributed by atoms with van der Waals surface area (Å²) < 4.78 is 11.2. The third-order valence-electron chi connectivity index (χ3n) is 10.5. The van der Waals surface area contributed by atoms with E-state index in [1.807, 2.05) is 6.20 Å². The maximum atomic E-state index is 6.80. The van der Waals surface area contributed by atoms with Crippen molar-refractivity contribution in [1.29, 1.82) is 0 Å². The topological polar surface area (TPSA) is 44.9 Å². The Labute approximate surface area is 315 Å². The third kappa shape index (κ3) is 6.78. The van der Waals surface area contributed by atoms with Crippen LogP contribution in [0.15, 0.2) is 97.2 Å². The molecule has 0 bridgehead atoms. The molecule has 5 nitrogen and oxygen atoms in total. The lowest BCUT2D eigenvalue weighted by Gasteiger charge is -2.30. The first-order valence-corrected chi connectivity index (χ1v) is 19.2. The molecule has 53 heavy (non-hydrogen) atoms. The van der Waals surface area contributed by atoms with Gasteiger partial charge in [-0.15, -0.1) is 0 Å². The van der Waals surface area contributed by atoms with Crippen LogP contribution in [-0.2, 0) is 17.3 Å². The van der Waals surface area contributed by atoms with Gasteiger partial charge in [-0.05, 0) is 107 Å². The normalized spacial score (nSPS) is 12.4. The molecule has 0 spiro atoms. The number of aryl methyl sites for hydroxylation is 2. The molecule has 5 heteroatoms. The van der Waals surface area contributed by atoms with Crippen LogP contribution in [0.1, 0.15) is 108 Å². The Bertz CT molecular complexity index is 2430. The van der Waals surface area contributed by atoms with E-state index in [1.54, 1.807) is 0 Å². The Kier molecular flexibility index (Phi) is 9.34. The average Bonchev–Trinajstić information content (AvgIpc) is 3.59. The minimum absolute atomic E-state index is 0.0304. The van der Waals surface area contributed by atoms with E-state index >= 15 is 0 Å². The van der Waals surface area contributed by atoms with E-state index < -0.39 is 0 Å². The van der Waals surface area contributed by atoms with Crippen LogP contribution in [0, 0.1) is 13.8 Å². The number of pyridine rings is 1. The quantitative estimate of drug-likeness (QED) is 0.158. The Morgan fingerprint density at radius 1 is 0.698 bits per heavy atom. The van der Waals surface area contributed by atoms with Crippen LogP contribution in [-0.4, -0.2) is 19.3 Å². The lowest BCUT2D eigenvalue weighted by Crippen LogP contribution is -2.19. The van der Waals surface area contributed by atoms with E-state index in [4.69, 9.17) is 14.8 Å². The first kappa shape index (κ1) is 36.2. The monoisotopic (exact) mass is 702 g/mol. The number of aromatic nitrogens is 4. The van der Waals surface area contributed by atoms with Gasteiger partial charge in [-0.1, -0.05) is 105 Å². The molecule has 0 unspecified atom stereocenters. The Balaban J connectivity index is 1.35. The van der Waals surface area contributed by atoms with Crippen LogP contribution in [0.25, 0.3) is 44.4 Å². The summed E-state index contributed by atoms with van der Waals surface area (Å²) in [5, 5.41) is 7.60. The number of hydrogen-bond acceptors (Lipinski definition) is 3. The maximum absolute atomic E-state index is 6.80. The van der Waals surface area contributed by atoms with Crippen LogP contribution >= 0.6 is 0 Å². The Hall–Kier alpha value is -5.16. The van der Waals surface area contributed by atoms with Gasteiger partial charge in [-0.3, -0.25) is 4.57 Å². The van der Waals surface area contributed by atoms with Gasteiger partial charge in [0.05, 0.1) is 22.4 Å². The first-order chi connectivity index (χ1) is 25.2. The van der Waals surface area contributed by atoms with E-state index in [2.05, 4.69) is 176 Å². The maximum Gasteiger partial charge on any atom is 0.137 e. The van der Waals surface area contributed by atoms with Crippen LogP contribution in [0.3, 0.4) is 0 Å². The van der Waals surface area contributed by atoms with E-state index in [-0.39, 0.29) is 10.8 Å². The summed E-state index contributed by atoms with van der Waals surface area (Å²) in [4.78, 5) is 4.84. The smallest absolute Gasteiger partial charge is 0.137 e. The van der Waals surface area contributed by atoms with Gasteiger partial charge >= 0.3 is 0 Å². The zero-order valence-corrected chi connectivity index (χ0v) is 33.4. The fraction of sp³-hybridized carbons (Fsp3) is 0.333. The van der Waals surface area contributed by atoms with Crippen molar-refractivity contribution in [1.82, 2.24) is 19.3 Å². The van der Waals surface area contributed by atoms with Crippen LogP contribution < -0.4 is 4.74 Å². The fourth-order valence-corrected chi connectivity index (χ4v) is 7.87. The number of rotatable bonds is 8. The van der Waals surface area contributed by atoms with Gasteiger partial charge in [-0.25, -0.2) is 9.67 Å². The van der Waals surface area contributed by atoms with Crippen LogP contribution in [0.5, 0.6) is 11.5 Å². The highest BCUT2D eigenvalue weighted by molar-refractivity contribution is 6.09. The summed E-state index contributed by atoms with van der Waals surface area (Å²) in [6.45, 7) is 24.9. The van der Waals surface area contributed by atoms with E-state index in [1.165, 1.54) is 44.2 Å². The molecule has 0 amide bonds. The summed E-state index contributed by atoms with van der Waals surface area (Å²) in [6.07, 6.45) is 4.04. The largest absolute Gasteiger partial charge is 0.457 e. The minimum atomic E-state index is -0.0304. The molecule has 0 saturated carbocycles. The van der Waals surface area contributed by atoms with Gasteiger partial charge in [0, 0.05) is 40.4 Å². The highest BCUT2D eigenvalue weighted by Gasteiger charge is 2.29. The molecule has 0 saturated heterocycles. The van der Waals surface area contributed by atoms with Gasteiger partial charge in [0.25, 0.3) is 0 Å². The van der Waals surface area contributed by atoms with Crippen molar-refractivity contribution < 1.29 is 4.74 Å². The zero-order valence-electron chi connectivity index (χ0n) is 33.4. The summed E-state index contributed by atoms with van der Waals surface area (Å²) in [6, 6.07) is 32.7. The van der Waals surface area contributed by atoms with Crippen LogP contribution in [0.2, 0.25) is 0 Å². The lowest BCUT2D eigenvalue weighted by atomic mass is 9.74. The van der Waals surface area contributed by atoms with Crippen molar-refractivity contribution >= 4 is 21.8 Å². The predicted molar refractivity (Wildman–Crippen MR) is 223 cm³/mol. The number of benzene rings is 4. The van der Waals surface area contributed by atoms with E-state index in [0.29, 0.717) is 5.92 Å². The highest BCUT2D eigenvalue weighted by atomic mass is 16.5. The van der Waals surface area contributed by atoms with Crippen molar-refractivity contribution in [2.24, 2.45) is 0 Å². The molecule has 0 fully saturated rings. The SMILES string of the molecule is CCCc1ccnc(-n2c3ccccc3c3ccc(Oc4cc(C(C)C)cc(-n5nc(C)c(-c6c(C(C)(C)C)cccc6C(C)(C)C)c5C)c4)cc32)c1. The Morgan fingerprint density at radius 3 is 2.08 bits per heavy atom. The summed E-state index contributed by atoms with van der Waals surface area (Å²) in [5.74, 6) is 2.79. The molecule has 7 aromatic rings. The number of fused-ring (bicyclic) bond motifs is 3. The molecule has 7 rings (SSSR count). The molecule has 0 radical (unpaired) electrons. The molecule has 4 aromatic carbocycles. The second-order valence-corrected chi connectivity index (χ2v) is 17.0. The number of para-hydroxylation sites is 1. The molecule has 3 aromatic heterocycles. The molecule has 0 aliphatic rings. The van der Waals surface area contributed by atoms with Crippen molar-refractivity contribution in [2.45, 2.75) is 106 Å². The zero-order chi connectivity index (χ0) is 37.8. The van der Waals surface area contributed by atoms with Crippen molar-refractivity contribution in [3.63, 3.8) is 0 Å². The predicted octanol–water partition coefficient (Wildman–Crippen LogP) is 13.1. The van der Waals surface area contributed by atoms with Gasteiger partial charge < -0.3 is 4.74 Å². The van der Waals surface area contributed by atoms with E-state index in [9.17, 15) is 0 Å². The molecule has 0 atom stereocenters. The average molecular weight is 703 g/mol. The number of ether oxygens (including phenoxy) is 1. The standard InChI is InChI=1S/C48H54N4O/c1-12-16-33-23-24-49-44(25-33)51-42-20-14-13-17-38(42)39-22-21-36(29-43(39)51)53-37-27-34(30(2)3)26-35(28-37)52-32(5)45(31(4)50-52)46-40(47(6,7)8)18-15-19-41(46)48(9,10)11/h13-15,17-30H,12,16H2,1-11H3. The van der Waals surface area contributed by atoms with Gasteiger partial charge in [-0.2, -0.15) is 5.10 Å². The summed E-state index contributed by atoms with van der Waals surface area (Å²) >= 11 is 0. The van der Waals surface area contributed by atoms with Gasteiger partial charge in [0.2, 0.25) is 0 Å². The highest BCUT2D eigenvalue weighted by Crippen LogP contribution is 2.44. The van der Waals surface area contributed by atoms with Crippen molar-refractivity contribution in [3.8, 4) is 34.1 Å². The van der Waals surface area contributed by atoms with Gasteiger partial charge in [0.1, 0.15) is 17.3 Å². The van der Waals surface area contributed by atoms with Crippen molar-refractivity contribution in [3.05, 3.63) is 131 Å².